The van der Waals surface area contributed by atoms with E-state index in [0.717, 1.165) is 12.8 Å². The van der Waals surface area contributed by atoms with Crippen molar-refractivity contribution in [1.29, 1.82) is 0 Å². The van der Waals surface area contributed by atoms with Gasteiger partial charge in [0.1, 0.15) is 5.82 Å². The first-order chi connectivity index (χ1) is 8.24. The molecular weight excluding hydrogens is 217 g/mol. The van der Waals surface area contributed by atoms with Crippen molar-refractivity contribution in [2.45, 2.75) is 26.2 Å². The van der Waals surface area contributed by atoms with Gasteiger partial charge >= 0.3 is 0 Å². The summed E-state index contributed by atoms with van der Waals surface area (Å²) in [5, 5.41) is 2.67. The lowest BCUT2D eigenvalue weighted by atomic mass is 10.2. The summed E-state index contributed by atoms with van der Waals surface area (Å²) in [7, 11) is 0. The zero-order valence-corrected chi connectivity index (χ0v) is 9.92. The third-order valence-electron chi connectivity index (χ3n) is 2.23. The number of rotatable bonds is 4. The Bertz CT molecular complexity index is 431. The molecule has 90 valence electrons. The van der Waals surface area contributed by atoms with Crippen LogP contribution in [0.4, 0.5) is 4.39 Å². The SMILES string of the molecule is CCCCC(=O)NCC#Cc1ccccc1F. The van der Waals surface area contributed by atoms with Gasteiger partial charge in [0.05, 0.1) is 12.1 Å². The molecule has 0 aliphatic carbocycles. The smallest absolute Gasteiger partial charge is 0.220 e. The van der Waals surface area contributed by atoms with Crippen LogP contribution in [-0.4, -0.2) is 12.5 Å². The van der Waals surface area contributed by atoms with Crippen molar-refractivity contribution in [1.82, 2.24) is 5.32 Å². The fraction of sp³-hybridized carbons (Fsp3) is 0.357. The number of carbonyl (C=O) groups excluding carboxylic acids is 1. The van der Waals surface area contributed by atoms with E-state index < -0.39 is 0 Å². The first-order valence-electron chi connectivity index (χ1n) is 5.74. The van der Waals surface area contributed by atoms with Crippen LogP contribution in [0.25, 0.3) is 0 Å². The van der Waals surface area contributed by atoms with Gasteiger partial charge in [0.25, 0.3) is 0 Å². The highest BCUT2D eigenvalue weighted by atomic mass is 19.1. The number of unbranched alkanes of at least 4 members (excludes halogenated alkanes) is 1. The molecule has 2 nitrogen and oxygen atoms in total. The van der Waals surface area contributed by atoms with Crippen LogP contribution in [0.3, 0.4) is 0 Å². The molecule has 0 bridgehead atoms. The first kappa shape index (κ1) is 13.2. The molecule has 17 heavy (non-hydrogen) atoms. The van der Waals surface area contributed by atoms with Crippen LogP contribution in [-0.2, 0) is 4.79 Å². The summed E-state index contributed by atoms with van der Waals surface area (Å²) in [4.78, 5) is 11.2. The Morgan fingerprint density at radius 1 is 1.41 bits per heavy atom. The number of carbonyl (C=O) groups is 1. The second-order valence-corrected chi connectivity index (χ2v) is 3.66. The molecule has 0 spiro atoms. The van der Waals surface area contributed by atoms with Crippen molar-refractivity contribution < 1.29 is 9.18 Å². The molecular formula is C14H16FNO. The maximum absolute atomic E-state index is 13.2. The average Bonchev–Trinajstić information content (AvgIpc) is 2.34. The van der Waals surface area contributed by atoms with Crippen molar-refractivity contribution in [3.8, 4) is 11.8 Å². The molecule has 3 heteroatoms. The highest BCUT2D eigenvalue weighted by Crippen LogP contribution is 2.03. The van der Waals surface area contributed by atoms with Gasteiger partial charge in [-0.25, -0.2) is 4.39 Å². The van der Waals surface area contributed by atoms with Gasteiger partial charge in [-0.15, -0.1) is 0 Å². The predicted octanol–water partition coefficient (Wildman–Crippen LogP) is 2.48. The lowest BCUT2D eigenvalue weighted by Gasteiger charge is -1.98. The Kier molecular flexibility index (Phi) is 5.81. The molecule has 1 aromatic carbocycles. The minimum Gasteiger partial charge on any atom is -0.345 e. The van der Waals surface area contributed by atoms with Crippen LogP contribution in [0, 0.1) is 17.7 Å². The standard InChI is InChI=1S/C14H16FNO/c1-2-3-10-14(17)16-11-6-8-12-7-4-5-9-13(12)15/h4-5,7,9H,2-3,10-11H2,1H3,(H,16,17). The highest BCUT2D eigenvalue weighted by molar-refractivity contribution is 5.76. The van der Waals surface area contributed by atoms with Crippen LogP contribution in [0.1, 0.15) is 31.7 Å². The molecule has 0 heterocycles. The number of hydrogen-bond acceptors (Lipinski definition) is 1. The molecule has 0 unspecified atom stereocenters. The molecule has 0 aliphatic heterocycles. The Hall–Kier alpha value is -1.82. The van der Waals surface area contributed by atoms with E-state index in [2.05, 4.69) is 17.2 Å². The van der Waals surface area contributed by atoms with Gasteiger partial charge in [-0.3, -0.25) is 4.79 Å². The molecule has 0 fully saturated rings. The molecule has 0 saturated carbocycles. The third kappa shape index (κ3) is 5.17. The first-order valence-corrected chi connectivity index (χ1v) is 5.74. The van der Waals surface area contributed by atoms with Crippen LogP contribution in [0.15, 0.2) is 24.3 Å². The second kappa shape index (κ2) is 7.45. The van der Waals surface area contributed by atoms with E-state index in [4.69, 9.17) is 0 Å². The van der Waals surface area contributed by atoms with E-state index in [-0.39, 0.29) is 18.3 Å². The summed E-state index contributed by atoms with van der Waals surface area (Å²) in [5.41, 5.74) is 0.357. The van der Waals surface area contributed by atoms with E-state index in [1.54, 1.807) is 18.2 Å². The lowest BCUT2D eigenvalue weighted by molar-refractivity contribution is -0.120. The maximum atomic E-state index is 13.2. The van der Waals surface area contributed by atoms with Gasteiger partial charge in [0, 0.05) is 6.42 Å². The molecule has 1 N–H and O–H groups in total. The van der Waals surface area contributed by atoms with E-state index >= 15 is 0 Å². The number of halogens is 1. The molecule has 1 amide bonds. The normalized spacial score (nSPS) is 9.29. The number of benzene rings is 1. The van der Waals surface area contributed by atoms with Crippen LogP contribution in [0.5, 0.6) is 0 Å². The summed E-state index contributed by atoms with van der Waals surface area (Å²) >= 11 is 0. The highest BCUT2D eigenvalue weighted by Gasteiger charge is 1.97. The Labute approximate surface area is 101 Å². The third-order valence-corrected chi connectivity index (χ3v) is 2.23. The van der Waals surface area contributed by atoms with Gasteiger partial charge in [-0.05, 0) is 18.6 Å². The molecule has 0 aromatic heterocycles. The Morgan fingerprint density at radius 2 is 2.18 bits per heavy atom. The van der Waals surface area contributed by atoms with Crippen LogP contribution < -0.4 is 5.32 Å². The Balaban J connectivity index is 2.37. The van der Waals surface area contributed by atoms with Crippen LogP contribution in [0.2, 0.25) is 0 Å². The van der Waals surface area contributed by atoms with Gasteiger partial charge in [0.15, 0.2) is 0 Å². The van der Waals surface area contributed by atoms with Crippen molar-refractivity contribution in [3.63, 3.8) is 0 Å². The average molecular weight is 233 g/mol. The molecule has 0 saturated heterocycles. The minimum absolute atomic E-state index is 0.00492. The quantitative estimate of drug-likeness (QED) is 0.795. The molecule has 0 aliphatic rings. The summed E-state index contributed by atoms with van der Waals surface area (Å²) in [6, 6.07) is 6.32. The summed E-state index contributed by atoms with van der Waals surface area (Å²) in [6.45, 7) is 2.29. The maximum Gasteiger partial charge on any atom is 0.220 e. The van der Waals surface area contributed by atoms with E-state index in [0.29, 0.717) is 12.0 Å². The van der Waals surface area contributed by atoms with Gasteiger partial charge < -0.3 is 5.32 Å². The lowest BCUT2D eigenvalue weighted by Crippen LogP contribution is -2.23. The fourth-order valence-corrected chi connectivity index (χ4v) is 1.27. The van der Waals surface area contributed by atoms with Crippen molar-refractivity contribution in [3.05, 3.63) is 35.6 Å². The molecule has 0 atom stereocenters. The summed E-state index contributed by atoms with van der Waals surface area (Å²) in [6.07, 6.45) is 2.40. The van der Waals surface area contributed by atoms with Crippen molar-refractivity contribution in [2.75, 3.05) is 6.54 Å². The number of amides is 1. The fourth-order valence-electron chi connectivity index (χ4n) is 1.27. The monoisotopic (exact) mass is 233 g/mol. The molecule has 1 rings (SSSR count). The van der Waals surface area contributed by atoms with Crippen molar-refractivity contribution >= 4 is 5.91 Å². The number of hydrogen-bond donors (Lipinski definition) is 1. The van der Waals surface area contributed by atoms with E-state index in [1.807, 2.05) is 6.92 Å². The summed E-state index contributed by atoms with van der Waals surface area (Å²) < 4.78 is 13.2. The van der Waals surface area contributed by atoms with Crippen molar-refractivity contribution in [2.24, 2.45) is 0 Å². The topological polar surface area (TPSA) is 29.1 Å². The van der Waals surface area contributed by atoms with E-state index in [9.17, 15) is 9.18 Å². The Morgan fingerprint density at radius 3 is 2.88 bits per heavy atom. The largest absolute Gasteiger partial charge is 0.345 e. The van der Waals surface area contributed by atoms with Gasteiger partial charge in [-0.1, -0.05) is 37.3 Å². The molecule has 0 radical (unpaired) electrons. The predicted molar refractivity (Wildman–Crippen MR) is 65.8 cm³/mol. The number of nitrogens with one attached hydrogen (secondary N) is 1. The van der Waals surface area contributed by atoms with Gasteiger partial charge in [-0.2, -0.15) is 0 Å². The minimum atomic E-state index is -0.336. The second-order valence-electron chi connectivity index (χ2n) is 3.66. The zero-order chi connectivity index (χ0) is 12.5. The van der Waals surface area contributed by atoms with Gasteiger partial charge in [0.2, 0.25) is 5.91 Å². The summed E-state index contributed by atoms with van der Waals surface area (Å²) in [5.74, 6) is 5.07. The van der Waals surface area contributed by atoms with E-state index in [1.165, 1.54) is 6.07 Å². The molecule has 1 aromatic rings. The van der Waals surface area contributed by atoms with Crippen LogP contribution >= 0.6 is 0 Å². The zero-order valence-electron chi connectivity index (χ0n) is 9.92.